The van der Waals surface area contributed by atoms with Gasteiger partial charge in [-0.3, -0.25) is 24.3 Å². The van der Waals surface area contributed by atoms with Crippen LogP contribution < -0.4 is 16.0 Å². The molecule has 1 aliphatic carbocycles. The Morgan fingerprint density at radius 3 is 2.77 bits per heavy atom. The average Bonchev–Trinajstić information content (AvgIpc) is 3.46. The van der Waals surface area contributed by atoms with Crippen molar-refractivity contribution in [2.45, 2.75) is 77.5 Å². The maximum Gasteiger partial charge on any atom is 0.243 e. The van der Waals surface area contributed by atoms with Crippen LogP contribution in [0.4, 0.5) is 0 Å². The Morgan fingerprint density at radius 2 is 2.09 bits per heavy atom. The molecule has 0 aromatic carbocycles. The van der Waals surface area contributed by atoms with Crippen LogP contribution in [-0.4, -0.2) is 50.4 Å². The molecule has 3 unspecified atom stereocenters. The number of hydrogen-bond acceptors (Lipinski definition) is 5. The van der Waals surface area contributed by atoms with Crippen molar-refractivity contribution in [3.05, 3.63) is 41.5 Å². The third kappa shape index (κ3) is 5.31. The largest absolute Gasteiger partial charge is 0.350 e. The van der Waals surface area contributed by atoms with Gasteiger partial charge in [0.1, 0.15) is 11.8 Å². The standard InChI is InChI=1S/C25H34N6O4/c1-4-14(2)22(28-15(3)32)25(35)29-19-6-5-16-8-10-31-13-17(11-20(33)21(19)23(16)31)24(34)26-12-18-7-9-27-30-18/h7-10,14,17,19,21-22H,4-6,11-13H2,1-3H3,(H,26,34)(H,27,30)(H,28,32)(H,29,35)/t14-,17?,19?,21?,22-/m0/s1. The van der Waals surface area contributed by atoms with E-state index in [0.717, 1.165) is 29.8 Å². The van der Waals surface area contributed by atoms with Gasteiger partial charge in [-0.15, -0.1) is 0 Å². The molecule has 35 heavy (non-hydrogen) atoms. The van der Waals surface area contributed by atoms with E-state index >= 15 is 0 Å². The molecular weight excluding hydrogens is 448 g/mol. The lowest BCUT2D eigenvalue weighted by atomic mass is 9.79. The number of aromatic nitrogens is 3. The molecule has 0 bridgehead atoms. The second-order valence-electron chi connectivity index (χ2n) is 9.74. The van der Waals surface area contributed by atoms with Gasteiger partial charge < -0.3 is 20.5 Å². The second kappa shape index (κ2) is 10.5. The lowest BCUT2D eigenvalue weighted by Crippen LogP contribution is -2.54. The average molecular weight is 483 g/mol. The molecule has 10 heteroatoms. The summed E-state index contributed by atoms with van der Waals surface area (Å²) in [5.41, 5.74) is 2.78. The molecule has 0 radical (unpaired) electrons. The summed E-state index contributed by atoms with van der Waals surface area (Å²) in [7, 11) is 0. The fourth-order valence-electron chi connectivity index (χ4n) is 5.23. The van der Waals surface area contributed by atoms with Gasteiger partial charge in [0.05, 0.1) is 24.1 Å². The van der Waals surface area contributed by atoms with Crippen LogP contribution in [0.3, 0.4) is 0 Å². The Kier molecular flexibility index (Phi) is 7.37. The lowest BCUT2D eigenvalue weighted by molar-refractivity contribution is -0.132. The summed E-state index contributed by atoms with van der Waals surface area (Å²) in [5.74, 6) is -1.83. The second-order valence-corrected chi connectivity index (χ2v) is 9.74. The minimum absolute atomic E-state index is 0.0463. The smallest absolute Gasteiger partial charge is 0.243 e. The van der Waals surface area contributed by atoms with Crippen molar-refractivity contribution < 1.29 is 19.2 Å². The number of H-pyrrole nitrogens is 1. The monoisotopic (exact) mass is 482 g/mol. The van der Waals surface area contributed by atoms with Crippen molar-refractivity contribution in [1.82, 2.24) is 30.7 Å². The molecule has 0 spiro atoms. The topological polar surface area (TPSA) is 138 Å². The Morgan fingerprint density at radius 1 is 1.29 bits per heavy atom. The highest BCUT2D eigenvalue weighted by molar-refractivity contribution is 5.93. The van der Waals surface area contributed by atoms with Gasteiger partial charge in [0.2, 0.25) is 17.7 Å². The number of hydrogen-bond donors (Lipinski definition) is 4. The van der Waals surface area contributed by atoms with Crippen LogP contribution in [-0.2, 0) is 38.7 Å². The molecule has 10 nitrogen and oxygen atoms in total. The van der Waals surface area contributed by atoms with Gasteiger partial charge in [0.25, 0.3) is 0 Å². The van der Waals surface area contributed by atoms with E-state index in [1.807, 2.05) is 30.7 Å². The third-order valence-electron chi connectivity index (χ3n) is 7.29. The van der Waals surface area contributed by atoms with E-state index in [9.17, 15) is 19.2 Å². The predicted molar refractivity (Wildman–Crippen MR) is 128 cm³/mol. The first-order valence-electron chi connectivity index (χ1n) is 12.3. The predicted octanol–water partition coefficient (Wildman–Crippen LogP) is 1.18. The number of nitrogens with one attached hydrogen (secondary N) is 4. The van der Waals surface area contributed by atoms with E-state index in [-0.39, 0.29) is 41.9 Å². The maximum absolute atomic E-state index is 13.5. The summed E-state index contributed by atoms with van der Waals surface area (Å²) in [6.45, 7) is 6.02. The van der Waals surface area contributed by atoms with Crippen LogP contribution in [0.25, 0.3) is 0 Å². The van der Waals surface area contributed by atoms with E-state index in [1.165, 1.54) is 6.92 Å². The molecule has 2 aromatic rings. The molecule has 4 N–H and O–H groups in total. The summed E-state index contributed by atoms with van der Waals surface area (Å²) in [6.07, 6.45) is 5.76. The molecule has 0 saturated heterocycles. The number of aromatic amines is 1. The molecule has 5 atom stereocenters. The SMILES string of the molecule is CC[C@H](C)[C@H](NC(C)=O)C(=O)NC1CCc2ccn3c2C1C(=O)CC(C(=O)NCc1ccn[nH]1)C3. The van der Waals surface area contributed by atoms with Crippen LogP contribution in [0.5, 0.6) is 0 Å². The Balaban J connectivity index is 1.52. The van der Waals surface area contributed by atoms with Gasteiger partial charge >= 0.3 is 0 Å². The molecule has 4 rings (SSSR count). The van der Waals surface area contributed by atoms with Crippen molar-refractivity contribution in [2.24, 2.45) is 11.8 Å². The molecule has 0 saturated carbocycles. The Labute approximate surface area is 204 Å². The number of nitrogens with zero attached hydrogens (tertiary/aromatic N) is 2. The molecular formula is C25H34N6O4. The fourth-order valence-corrected chi connectivity index (χ4v) is 5.23. The van der Waals surface area contributed by atoms with Crippen molar-refractivity contribution >= 4 is 23.5 Å². The first-order chi connectivity index (χ1) is 16.8. The van der Waals surface area contributed by atoms with Gasteiger partial charge in [-0.25, -0.2) is 0 Å². The summed E-state index contributed by atoms with van der Waals surface area (Å²) < 4.78 is 2.00. The highest BCUT2D eigenvalue weighted by atomic mass is 16.2. The first kappa shape index (κ1) is 24.7. The number of ketones is 1. The number of carbonyl (C=O) groups excluding carboxylic acids is 4. The number of Topliss-reactive ketones (excluding diaryl/α,β-unsaturated/α-hetero) is 1. The normalized spacial score (nSPS) is 22.9. The summed E-state index contributed by atoms with van der Waals surface area (Å²) in [5, 5.41) is 15.4. The van der Waals surface area contributed by atoms with Gasteiger partial charge in [-0.2, -0.15) is 5.10 Å². The Bertz CT molecular complexity index is 1090. The van der Waals surface area contributed by atoms with Gasteiger partial charge in [0, 0.05) is 44.0 Å². The highest BCUT2D eigenvalue weighted by Crippen LogP contribution is 2.38. The molecule has 0 fully saturated rings. The van der Waals surface area contributed by atoms with Gasteiger partial charge in [-0.1, -0.05) is 20.3 Å². The Hall–Kier alpha value is -3.43. The fraction of sp³-hybridized carbons (Fsp3) is 0.560. The minimum atomic E-state index is -0.660. The number of rotatable bonds is 8. The minimum Gasteiger partial charge on any atom is -0.350 e. The van der Waals surface area contributed by atoms with Crippen LogP contribution in [0.15, 0.2) is 24.5 Å². The van der Waals surface area contributed by atoms with E-state index in [2.05, 4.69) is 26.1 Å². The molecule has 3 heterocycles. The van der Waals surface area contributed by atoms with E-state index in [4.69, 9.17) is 0 Å². The van der Waals surface area contributed by atoms with Crippen molar-refractivity contribution in [3.63, 3.8) is 0 Å². The zero-order valence-electron chi connectivity index (χ0n) is 20.5. The first-order valence-corrected chi connectivity index (χ1v) is 12.3. The summed E-state index contributed by atoms with van der Waals surface area (Å²) in [4.78, 5) is 51.4. The zero-order chi connectivity index (χ0) is 25.1. The quantitative estimate of drug-likeness (QED) is 0.448. The number of amides is 3. The number of carbonyl (C=O) groups is 4. The zero-order valence-corrected chi connectivity index (χ0v) is 20.5. The van der Waals surface area contributed by atoms with Crippen molar-refractivity contribution in [2.75, 3.05) is 0 Å². The molecule has 3 amide bonds. The van der Waals surface area contributed by atoms with E-state index < -0.39 is 17.9 Å². The molecule has 1 aliphatic heterocycles. The molecule has 2 aliphatic rings. The van der Waals surface area contributed by atoms with E-state index in [0.29, 0.717) is 19.5 Å². The molecule has 2 aromatic heterocycles. The third-order valence-corrected chi connectivity index (χ3v) is 7.29. The summed E-state index contributed by atoms with van der Waals surface area (Å²) in [6, 6.07) is 2.75. The van der Waals surface area contributed by atoms with Crippen molar-refractivity contribution in [3.8, 4) is 0 Å². The van der Waals surface area contributed by atoms with Crippen molar-refractivity contribution in [1.29, 1.82) is 0 Å². The summed E-state index contributed by atoms with van der Waals surface area (Å²) >= 11 is 0. The van der Waals surface area contributed by atoms with Crippen LogP contribution in [0.2, 0.25) is 0 Å². The number of aryl methyl sites for hydroxylation is 1. The van der Waals surface area contributed by atoms with Crippen LogP contribution in [0, 0.1) is 11.8 Å². The molecule has 188 valence electrons. The van der Waals surface area contributed by atoms with E-state index in [1.54, 1.807) is 12.3 Å². The van der Waals surface area contributed by atoms with Gasteiger partial charge in [0.15, 0.2) is 0 Å². The maximum atomic E-state index is 13.5. The highest BCUT2D eigenvalue weighted by Gasteiger charge is 2.42. The lowest BCUT2D eigenvalue weighted by Gasteiger charge is -2.34. The van der Waals surface area contributed by atoms with Gasteiger partial charge in [-0.05, 0) is 36.5 Å². The van der Waals surface area contributed by atoms with Crippen LogP contribution >= 0.6 is 0 Å². The van der Waals surface area contributed by atoms with Crippen LogP contribution in [0.1, 0.15) is 62.9 Å².